The number of ether oxygens (including phenoxy) is 1. The summed E-state index contributed by atoms with van der Waals surface area (Å²) in [5, 5.41) is 0. The summed E-state index contributed by atoms with van der Waals surface area (Å²) >= 11 is 2.29. The molecular weight excluding hydrogens is 429 g/mol. The summed E-state index contributed by atoms with van der Waals surface area (Å²) < 4.78 is 6.83. The monoisotopic (exact) mass is 455 g/mol. The number of amides is 1. The fourth-order valence-corrected chi connectivity index (χ4v) is 4.91. The van der Waals surface area contributed by atoms with Crippen LogP contribution in [0.2, 0.25) is 0 Å². The molecule has 0 N–H and O–H groups in total. The average Bonchev–Trinajstić information content (AvgIpc) is 3.13. The van der Waals surface area contributed by atoms with Gasteiger partial charge in [0.15, 0.2) is 0 Å². The molecule has 3 heterocycles. The molecule has 0 aromatic heterocycles. The molecule has 0 atom stereocenters. The molecule has 3 aliphatic rings. The third-order valence-electron chi connectivity index (χ3n) is 5.85. The molecule has 6 heteroatoms. The molecule has 2 fully saturated rings. The van der Waals surface area contributed by atoms with Gasteiger partial charge in [0.25, 0.3) is 5.91 Å². The summed E-state index contributed by atoms with van der Waals surface area (Å²) in [5.74, 6) is 1.12. The predicted octanol–water partition coefficient (Wildman–Crippen LogP) is 2.08. The van der Waals surface area contributed by atoms with Crippen LogP contribution in [0.3, 0.4) is 0 Å². The van der Waals surface area contributed by atoms with E-state index in [1.165, 1.54) is 0 Å². The van der Waals surface area contributed by atoms with Gasteiger partial charge in [0, 0.05) is 62.9 Å². The first kappa shape index (κ1) is 17.5. The zero-order chi connectivity index (χ0) is 17.4. The van der Waals surface area contributed by atoms with Crippen molar-refractivity contribution in [1.29, 1.82) is 0 Å². The fourth-order valence-electron chi connectivity index (χ4n) is 4.25. The molecule has 136 valence electrons. The lowest BCUT2D eigenvalue weighted by atomic mass is 9.99. The number of hydrogen-bond acceptors (Lipinski definition) is 4. The second-order valence-electron chi connectivity index (χ2n) is 7.36. The number of nitrogens with zero attached hydrogens (tertiary/aromatic N) is 3. The van der Waals surface area contributed by atoms with Gasteiger partial charge in [-0.25, -0.2) is 0 Å². The maximum atomic E-state index is 13.0. The molecule has 0 saturated carbocycles. The van der Waals surface area contributed by atoms with Crippen molar-refractivity contribution in [1.82, 2.24) is 14.7 Å². The Morgan fingerprint density at radius 1 is 1.12 bits per heavy atom. The smallest absolute Gasteiger partial charge is 0.254 e. The first-order valence-corrected chi connectivity index (χ1v) is 10.4. The number of likely N-dealkylation sites (N-methyl/N-ethyl adjacent to an activating group) is 1. The highest BCUT2D eigenvalue weighted by atomic mass is 127. The van der Waals surface area contributed by atoms with Crippen LogP contribution in [-0.2, 0) is 6.42 Å². The van der Waals surface area contributed by atoms with E-state index in [9.17, 15) is 4.79 Å². The van der Waals surface area contributed by atoms with Crippen molar-refractivity contribution in [3.63, 3.8) is 0 Å². The van der Waals surface area contributed by atoms with E-state index in [1.54, 1.807) is 0 Å². The van der Waals surface area contributed by atoms with E-state index in [4.69, 9.17) is 4.74 Å². The van der Waals surface area contributed by atoms with E-state index in [1.807, 2.05) is 17.0 Å². The molecule has 0 aliphatic carbocycles. The lowest BCUT2D eigenvalue weighted by Gasteiger charge is -2.42. The van der Waals surface area contributed by atoms with Gasteiger partial charge in [-0.1, -0.05) is 0 Å². The molecule has 4 rings (SSSR count). The van der Waals surface area contributed by atoms with Crippen LogP contribution in [0, 0.1) is 3.57 Å². The van der Waals surface area contributed by atoms with Crippen molar-refractivity contribution in [3.05, 3.63) is 26.8 Å². The van der Waals surface area contributed by atoms with Crippen LogP contribution >= 0.6 is 22.6 Å². The molecule has 0 bridgehead atoms. The molecule has 1 aromatic carbocycles. The second-order valence-corrected chi connectivity index (χ2v) is 8.53. The van der Waals surface area contributed by atoms with E-state index in [0.717, 1.165) is 79.0 Å². The highest BCUT2D eigenvalue weighted by Crippen LogP contribution is 2.34. The zero-order valence-electron chi connectivity index (χ0n) is 14.8. The Morgan fingerprint density at radius 3 is 2.56 bits per heavy atom. The van der Waals surface area contributed by atoms with Gasteiger partial charge in [0.2, 0.25) is 0 Å². The lowest BCUT2D eigenvalue weighted by molar-refractivity contribution is 0.0518. The summed E-state index contributed by atoms with van der Waals surface area (Å²) in [6.45, 7) is 7.09. The van der Waals surface area contributed by atoms with Crippen LogP contribution < -0.4 is 4.74 Å². The number of benzene rings is 1. The van der Waals surface area contributed by atoms with Crippen molar-refractivity contribution in [2.45, 2.75) is 25.3 Å². The molecule has 5 nitrogen and oxygen atoms in total. The normalized spacial score (nSPS) is 22.7. The summed E-state index contributed by atoms with van der Waals surface area (Å²) in [6.07, 6.45) is 3.04. The molecule has 0 unspecified atom stereocenters. The Kier molecular flexibility index (Phi) is 5.20. The number of fused-ring (bicyclic) bond motifs is 1. The molecule has 2 saturated heterocycles. The van der Waals surface area contributed by atoms with E-state index in [0.29, 0.717) is 12.6 Å². The van der Waals surface area contributed by atoms with Crippen molar-refractivity contribution in [3.8, 4) is 5.75 Å². The van der Waals surface area contributed by atoms with E-state index in [-0.39, 0.29) is 5.91 Å². The first-order valence-electron chi connectivity index (χ1n) is 9.29. The molecule has 0 spiro atoms. The molecule has 1 amide bonds. The number of carbonyl (C=O) groups excluding carboxylic acids is 1. The minimum atomic E-state index is 0.190. The SMILES string of the molecule is CN1CCN(C2CCN(C(=O)c3ccc(I)c4c3CCO4)CC2)CC1. The molecule has 0 radical (unpaired) electrons. The van der Waals surface area contributed by atoms with Crippen molar-refractivity contribution in [2.75, 3.05) is 52.9 Å². The van der Waals surface area contributed by atoms with E-state index >= 15 is 0 Å². The Labute approximate surface area is 163 Å². The molecule has 3 aliphatic heterocycles. The molecule has 1 aromatic rings. The molecular formula is C19H26IN3O2. The van der Waals surface area contributed by atoms with Gasteiger partial charge in [-0.15, -0.1) is 0 Å². The molecule has 25 heavy (non-hydrogen) atoms. The quantitative estimate of drug-likeness (QED) is 0.641. The number of piperidine rings is 1. The number of rotatable bonds is 2. The zero-order valence-corrected chi connectivity index (χ0v) is 17.0. The topological polar surface area (TPSA) is 36.0 Å². The standard InChI is InChI=1S/C19H26IN3O2/c1-21-9-11-22(12-10-21)14-4-7-23(8-5-14)19(24)16-2-3-17(20)18-15(16)6-13-25-18/h2-3,14H,4-13H2,1H3. The number of carbonyl (C=O) groups is 1. The third-order valence-corrected chi connectivity index (χ3v) is 6.70. The van der Waals surface area contributed by atoms with Gasteiger partial charge >= 0.3 is 0 Å². The van der Waals surface area contributed by atoms with Crippen molar-refractivity contribution >= 4 is 28.5 Å². The highest BCUT2D eigenvalue weighted by molar-refractivity contribution is 14.1. The van der Waals surface area contributed by atoms with Gasteiger partial charge < -0.3 is 14.5 Å². The Morgan fingerprint density at radius 2 is 1.84 bits per heavy atom. The predicted molar refractivity (Wildman–Crippen MR) is 106 cm³/mol. The second kappa shape index (κ2) is 7.40. The Hall–Kier alpha value is -0.860. The minimum Gasteiger partial charge on any atom is -0.492 e. The number of likely N-dealkylation sites (tertiary alicyclic amines) is 1. The van der Waals surface area contributed by atoms with E-state index < -0.39 is 0 Å². The van der Waals surface area contributed by atoms with Gasteiger partial charge in [-0.2, -0.15) is 0 Å². The lowest BCUT2D eigenvalue weighted by Crippen LogP contribution is -2.53. The number of piperazine rings is 1. The van der Waals surface area contributed by atoms with Gasteiger partial charge in [-0.3, -0.25) is 9.69 Å². The number of halogens is 1. The van der Waals surface area contributed by atoms with Crippen molar-refractivity contribution in [2.24, 2.45) is 0 Å². The van der Waals surface area contributed by atoms with Crippen LogP contribution in [-0.4, -0.2) is 79.6 Å². The summed E-state index contributed by atoms with van der Waals surface area (Å²) in [4.78, 5) is 20.1. The first-order chi connectivity index (χ1) is 12.1. The largest absolute Gasteiger partial charge is 0.492 e. The van der Waals surface area contributed by atoms with Crippen LogP contribution in [0.25, 0.3) is 0 Å². The van der Waals surface area contributed by atoms with Crippen LogP contribution in [0.4, 0.5) is 0 Å². The van der Waals surface area contributed by atoms with Crippen LogP contribution in [0.5, 0.6) is 5.75 Å². The summed E-state index contributed by atoms with van der Waals surface area (Å²) in [7, 11) is 2.20. The van der Waals surface area contributed by atoms with Gasteiger partial charge in [-0.05, 0) is 54.6 Å². The van der Waals surface area contributed by atoms with Crippen molar-refractivity contribution < 1.29 is 9.53 Å². The summed E-state index contributed by atoms with van der Waals surface area (Å²) in [5.41, 5.74) is 1.96. The van der Waals surface area contributed by atoms with E-state index in [2.05, 4.69) is 39.4 Å². The Balaban J connectivity index is 1.40. The fraction of sp³-hybridized carbons (Fsp3) is 0.632. The third kappa shape index (κ3) is 3.53. The minimum absolute atomic E-state index is 0.190. The summed E-state index contributed by atoms with van der Waals surface area (Å²) in [6, 6.07) is 4.64. The maximum absolute atomic E-state index is 13.0. The van der Waals surface area contributed by atoms with Crippen LogP contribution in [0.1, 0.15) is 28.8 Å². The van der Waals surface area contributed by atoms with Gasteiger partial charge in [0.1, 0.15) is 5.75 Å². The van der Waals surface area contributed by atoms with Gasteiger partial charge in [0.05, 0.1) is 10.2 Å². The van der Waals surface area contributed by atoms with Crippen LogP contribution in [0.15, 0.2) is 12.1 Å². The maximum Gasteiger partial charge on any atom is 0.254 e. The average molecular weight is 455 g/mol. The highest BCUT2D eigenvalue weighted by Gasteiger charge is 2.31. The Bertz CT molecular complexity index is 650. The number of hydrogen-bond donors (Lipinski definition) is 0.